The fourth-order valence-electron chi connectivity index (χ4n) is 0.910. The van der Waals surface area contributed by atoms with Gasteiger partial charge in [-0.2, -0.15) is 0 Å². The number of hydrogen-bond donors (Lipinski definition) is 1. The van der Waals surface area contributed by atoms with E-state index in [-0.39, 0.29) is 6.61 Å². The summed E-state index contributed by atoms with van der Waals surface area (Å²) in [5.74, 6) is 0.735. The Morgan fingerprint density at radius 3 is 2.36 bits per heavy atom. The average molecular weight is 233 g/mol. The van der Waals surface area contributed by atoms with Crippen LogP contribution in [0.5, 0.6) is 5.75 Å². The molecule has 0 radical (unpaired) electrons. The third kappa shape index (κ3) is 3.40. The molecular formula is C10H13ClO2S. The van der Waals surface area contributed by atoms with E-state index in [1.54, 1.807) is 0 Å². The third-order valence-corrected chi connectivity index (χ3v) is 2.67. The average Bonchev–Trinajstić information content (AvgIpc) is 2.19. The van der Waals surface area contributed by atoms with Crippen LogP contribution in [0.4, 0.5) is 0 Å². The van der Waals surface area contributed by atoms with Gasteiger partial charge in [0, 0.05) is 4.90 Å². The largest absolute Gasteiger partial charge is 0.485 e. The van der Waals surface area contributed by atoms with Crippen LogP contribution >= 0.6 is 21.7 Å². The molecule has 1 aromatic rings. The first-order chi connectivity index (χ1) is 6.57. The second-order valence-electron chi connectivity index (χ2n) is 3.57. The van der Waals surface area contributed by atoms with Crippen LogP contribution in [0.15, 0.2) is 29.2 Å². The second kappa shape index (κ2) is 4.91. The minimum Gasteiger partial charge on any atom is -0.485 e. The van der Waals surface area contributed by atoms with Crippen LogP contribution < -0.4 is 4.74 Å². The molecular weight excluding hydrogens is 220 g/mol. The highest BCUT2D eigenvalue weighted by atomic mass is 35.7. The van der Waals surface area contributed by atoms with Gasteiger partial charge >= 0.3 is 0 Å². The van der Waals surface area contributed by atoms with Crippen LogP contribution in [-0.2, 0) is 0 Å². The summed E-state index contributed by atoms with van der Waals surface area (Å²) in [7, 11) is 6.74. The van der Waals surface area contributed by atoms with Crippen molar-refractivity contribution >= 4 is 21.7 Å². The number of hydrogen-bond acceptors (Lipinski definition) is 3. The van der Waals surface area contributed by atoms with Gasteiger partial charge in [0.15, 0.2) is 0 Å². The molecule has 14 heavy (non-hydrogen) atoms. The predicted octanol–water partition coefficient (Wildman–Crippen LogP) is 3.08. The maximum absolute atomic E-state index is 9.01. The Hall–Kier alpha value is -0.380. The van der Waals surface area contributed by atoms with Crippen molar-refractivity contribution in [2.45, 2.75) is 24.3 Å². The SMILES string of the molecule is CC(C)(CO)Oc1ccc(SCl)cc1. The van der Waals surface area contributed by atoms with Crippen molar-refractivity contribution < 1.29 is 9.84 Å². The molecule has 1 N–H and O–H groups in total. The molecule has 2 nitrogen and oxygen atoms in total. The molecule has 0 amide bonds. The lowest BCUT2D eigenvalue weighted by atomic mass is 10.1. The monoisotopic (exact) mass is 232 g/mol. The second-order valence-corrected chi connectivity index (χ2v) is 4.66. The molecule has 0 aliphatic carbocycles. The van der Waals surface area contributed by atoms with Gasteiger partial charge in [-0.3, -0.25) is 0 Å². The molecule has 1 rings (SSSR count). The first kappa shape index (κ1) is 11.7. The minimum absolute atomic E-state index is 0.0149. The lowest BCUT2D eigenvalue weighted by molar-refractivity contribution is 0.0412. The zero-order valence-electron chi connectivity index (χ0n) is 8.16. The van der Waals surface area contributed by atoms with Crippen molar-refractivity contribution in [3.63, 3.8) is 0 Å². The third-order valence-electron chi connectivity index (χ3n) is 1.69. The van der Waals surface area contributed by atoms with Gasteiger partial charge in [0.05, 0.1) is 6.61 Å². The summed E-state index contributed by atoms with van der Waals surface area (Å²) < 4.78 is 5.55. The summed E-state index contributed by atoms with van der Waals surface area (Å²) in [6, 6.07) is 7.42. The highest BCUT2D eigenvalue weighted by molar-refractivity contribution is 8.21. The Balaban J connectivity index is 2.69. The van der Waals surface area contributed by atoms with E-state index < -0.39 is 5.60 Å². The molecule has 78 valence electrons. The Morgan fingerprint density at radius 1 is 1.36 bits per heavy atom. The van der Waals surface area contributed by atoms with Crippen LogP contribution in [0, 0.1) is 0 Å². The van der Waals surface area contributed by atoms with Gasteiger partial charge in [-0.15, -0.1) is 0 Å². The Kier molecular flexibility index (Phi) is 4.11. The summed E-state index contributed by atoms with van der Waals surface area (Å²) in [4.78, 5) is 0.973. The smallest absolute Gasteiger partial charge is 0.126 e. The normalized spacial score (nSPS) is 11.4. The molecule has 0 fully saturated rings. The molecule has 0 atom stereocenters. The summed E-state index contributed by atoms with van der Waals surface area (Å²) in [6.45, 7) is 3.65. The Morgan fingerprint density at radius 2 is 1.93 bits per heavy atom. The van der Waals surface area contributed by atoms with E-state index in [2.05, 4.69) is 0 Å². The van der Waals surface area contributed by atoms with Crippen molar-refractivity contribution in [2.75, 3.05) is 6.61 Å². The first-order valence-electron chi connectivity index (χ1n) is 4.26. The quantitative estimate of drug-likeness (QED) is 0.865. The van der Waals surface area contributed by atoms with Gasteiger partial charge in [0.2, 0.25) is 0 Å². The van der Waals surface area contributed by atoms with E-state index in [0.717, 1.165) is 10.6 Å². The molecule has 0 bridgehead atoms. The fraction of sp³-hybridized carbons (Fsp3) is 0.400. The summed E-state index contributed by atoms with van der Waals surface area (Å²) in [5.41, 5.74) is -0.546. The van der Waals surface area contributed by atoms with Gasteiger partial charge in [-0.05, 0) is 59.8 Å². The zero-order valence-corrected chi connectivity index (χ0v) is 9.73. The van der Waals surface area contributed by atoms with Crippen LogP contribution in [-0.4, -0.2) is 17.3 Å². The topological polar surface area (TPSA) is 29.5 Å². The molecule has 0 saturated heterocycles. The van der Waals surface area contributed by atoms with Crippen molar-refractivity contribution in [1.29, 1.82) is 0 Å². The Labute approximate surface area is 92.7 Å². The van der Waals surface area contributed by atoms with Crippen molar-refractivity contribution in [3.05, 3.63) is 24.3 Å². The van der Waals surface area contributed by atoms with Gasteiger partial charge in [-0.25, -0.2) is 0 Å². The standard InChI is InChI=1S/C10H13ClO2S/c1-10(2,7-12)13-8-3-5-9(14-11)6-4-8/h3-6,12H,7H2,1-2H3. The number of benzene rings is 1. The predicted molar refractivity (Wildman–Crippen MR) is 59.9 cm³/mol. The zero-order chi connectivity index (χ0) is 10.6. The van der Waals surface area contributed by atoms with E-state index in [4.69, 9.17) is 20.5 Å². The highest BCUT2D eigenvalue weighted by Crippen LogP contribution is 2.25. The highest BCUT2D eigenvalue weighted by Gasteiger charge is 2.17. The van der Waals surface area contributed by atoms with Gasteiger partial charge in [0.1, 0.15) is 11.4 Å². The van der Waals surface area contributed by atoms with Crippen molar-refractivity contribution in [3.8, 4) is 5.75 Å². The molecule has 1 aromatic carbocycles. The van der Waals surface area contributed by atoms with Crippen LogP contribution in [0.25, 0.3) is 0 Å². The minimum atomic E-state index is -0.546. The maximum Gasteiger partial charge on any atom is 0.126 e. The molecule has 0 aliphatic rings. The summed E-state index contributed by atoms with van der Waals surface area (Å²) in [6.07, 6.45) is 0. The van der Waals surface area contributed by atoms with Crippen molar-refractivity contribution in [2.24, 2.45) is 0 Å². The van der Waals surface area contributed by atoms with E-state index in [1.165, 1.54) is 11.0 Å². The molecule has 0 saturated carbocycles. The Bertz CT molecular complexity index is 285. The number of aliphatic hydroxyl groups excluding tert-OH is 1. The molecule has 0 aliphatic heterocycles. The maximum atomic E-state index is 9.01. The number of rotatable bonds is 4. The van der Waals surface area contributed by atoms with Gasteiger partial charge in [0.25, 0.3) is 0 Å². The number of halogens is 1. The van der Waals surface area contributed by atoms with E-state index in [1.807, 2.05) is 38.1 Å². The molecule has 0 aromatic heterocycles. The van der Waals surface area contributed by atoms with Gasteiger partial charge in [-0.1, -0.05) is 0 Å². The fourth-order valence-corrected chi connectivity index (χ4v) is 1.46. The molecule has 0 heterocycles. The summed E-state index contributed by atoms with van der Waals surface area (Å²) in [5, 5.41) is 9.01. The number of aliphatic hydroxyl groups is 1. The van der Waals surface area contributed by atoms with Crippen LogP contribution in [0.3, 0.4) is 0 Å². The van der Waals surface area contributed by atoms with Crippen molar-refractivity contribution in [1.82, 2.24) is 0 Å². The lowest BCUT2D eigenvalue weighted by Gasteiger charge is -2.23. The van der Waals surface area contributed by atoms with Gasteiger partial charge < -0.3 is 9.84 Å². The molecule has 0 spiro atoms. The first-order valence-corrected chi connectivity index (χ1v) is 5.90. The van der Waals surface area contributed by atoms with E-state index >= 15 is 0 Å². The van der Waals surface area contributed by atoms with E-state index in [0.29, 0.717) is 0 Å². The van der Waals surface area contributed by atoms with Crippen LogP contribution in [0.1, 0.15) is 13.8 Å². The molecule has 0 unspecified atom stereocenters. The number of ether oxygens (including phenoxy) is 1. The van der Waals surface area contributed by atoms with E-state index in [9.17, 15) is 0 Å². The lowest BCUT2D eigenvalue weighted by Crippen LogP contribution is -2.32. The summed E-state index contributed by atoms with van der Waals surface area (Å²) >= 11 is 0. The molecule has 4 heteroatoms. The van der Waals surface area contributed by atoms with Crippen LogP contribution in [0.2, 0.25) is 0 Å².